The highest BCUT2D eigenvalue weighted by Gasteiger charge is 2.12. The van der Waals surface area contributed by atoms with Crippen LogP contribution in [0.4, 0.5) is 11.4 Å². The Kier molecular flexibility index (Phi) is 4.79. The summed E-state index contributed by atoms with van der Waals surface area (Å²) in [6, 6.07) is 5.42. The van der Waals surface area contributed by atoms with E-state index in [9.17, 15) is 8.42 Å². The van der Waals surface area contributed by atoms with Gasteiger partial charge in [0, 0.05) is 25.1 Å². The van der Waals surface area contributed by atoms with Gasteiger partial charge in [0.15, 0.2) is 0 Å². The third-order valence-corrected chi connectivity index (χ3v) is 4.57. The van der Waals surface area contributed by atoms with Crippen LogP contribution in [0.25, 0.3) is 0 Å². The lowest BCUT2D eigenvalue weighted by Crippen LogP contribution is -2.28. The van der Waals surface area contributed by atoms with Gasteiger partial charge in [0.1, 0.15) is 0 Å². The average Bonchev–Trinajstić information content (AvgIpc) is 2.21. The monoisotopic (exact) mass is 321 g/mol. The molecule has 1 aromatic rings. The number of anilines is 2. The maximum absolute atomic E-state index is 11.5. The number of nitrogens with one attached hydrogen (secondary N) is 1. The van der Waals surface area contributed by atoms with E-state index in [1.54, 1.807) is 6.07 Å². The standard InChI is InChI=1S/C10H16BrN3O2S/c1-14(2)17(15,16)6-5-13-10-4-3-8(11)7-9(10)12/h3-4,7,13H,5-6,12H2,1-2H3. The van der Waals surface area contributed by atoms with E-state index < -0.39 is 10.0 Å². The molecule has 0 unspecified atom stereocenters. The van der Waals surface area contributed by atoms with Gasteiger partial charge in [0.05, 0.1) is 17.1 Å². The molecule has 0 atom stereocenters. The molecule has 0 amide bonds. The summed E-state index contributed by atoms with van der Waals surface area (Å²) in [5, 5.41) is 3.00. The van der Waals surface area contributed by atoms with Crippen LogP contribution < -0.4 is 11.1 Å². The smallest absolute Gasteiger partial charge is 0.215 e. The minimum atomic E-state index is -3.17. The van der Waals surface area contributed by atoms with Crippen LogP contribution in [-0.4, -0.2) is 39.1 Å². The Balaban J connectivity index is 2.58. The molecule has 0 heterocycles. The molecule has 5 nitrogen and oxygen atoms in total. The summed E-state index contributed by atoms with van der Waals surface area (Å²) in [6.45, 7) is 0.326. The molecule has 0 aliphatic carbocycles. The van der Waals surface area contributed by atoms with E-state index in [2.05, 4.69) is 21.2 Å². The first-order valence-corrected chi connectivity index (χ1v) is 7.42. The van der Waals surface area contributed by atoms with Crippen LogP contribution in [0.15, 0.2) is 22.7 Å². The Morgan fingerprint density at radius 3 is 2.59 bits per heavy atom. The molecule has 96 valence electrons. The number of nitrogen functional groups attached to an aromatic ring is 1. The predicted octanol–water partition coefficient (Wildman–Crippen LogP) is 1.33. The summed E-state index contributed by atoms with van der Waals surface area (Å²) in [5.41, 5.74) is 7.10. The summed E-state index contributed by atoms with van der Waals surface area (Å²) in [6.07, 6.45) is 0. The van der Waals surface area contributed by atoms with Crippen LogP contribution in [0, 0.1) is 0 Å². The van der Waals surface area contributed by atoms with Gasteiger partial charge in [0.2, 0.25) is 10.0 Å². The molecule has 0 spiro atoms. The summed E-state index contributed by atoms with van der Waals surface area (Å²) in [4.78, 5) is 0. The van der Waals surface area contributed by atoms with Gasteiger partial charge < -0.3 is 11.1 Å². The second kappa shape index (κ2) is 5.70. The van der Waals surface area contributed by atoms with Crippen molar-refractivity contribution in [1.82, 2.24) is 4.31 Å². The van der Waals surface area contributed by atoms with Gasteiger partial charge in [-0.2, -0.15) is 0 Å². The lowest BCUT2D eigenvalue weighted by atomic mass is 10.3. The molecule has 0 aromatic heterocycles. The molecule has 1 aromatic carbocycles. The molecule has 0 bridgehead atoms. The molecule has 7 heteroatoms. The molecule has 0 saturated heterocycles. The normalized spacial score (nSPS) is 11.8. The minimum Gasteiger partial charge on any atom is -0.397 e. The Morgan fingerprint density at radius 1 is 1.41 bits per heavy atom. The Morgan fingerprint density at radius 2 is 2.06 bits per heavy atom. The first kappa shape index (κ1) is 14.3. The number of hydrogen-bond donors (Lipinski definition) is 2. The number of halogens is 1. The van der Waals surface area contributed by atoms with Crippen LogP contribution in [-0.2, 0) is 10.0 Å². The zero-order valence-corrected chi connectivity index (χ0v) is 12.2. The molecule has 1 rings (SSSR count). The highest BCUT2D eigenvalue weighted by molar-refractivity contribution is 9.10. The molecule has 17 heavy (non-hydrogen) atoms. The lowest BCUT2D eigenvalue weighted by molar-refractivity contribution is 0.521. The molecular formula is C10H16BrN3O2S. The van der Waals surface area contributed by atoms with Crippen molar-refractivity contribution in [2.24, 2.45) is 0 Å². The molecule has 0 radical (unpaired) electrons. The number of rotatable bonds is 5. The first-order chi connectivity index (χ1) is 7.83. The third kappa shape index (κ3) is 4.18. The van der Waals surface area contributed by atoms with Gasteiger partial charge in [-0.25, -0.2) is 12.7 Å². The minimum absolute atomic E-state index is 0.0372. The van der Waals surface area contributed by atoms with Crippen LogP contribution in [0.2, 0.25) is 0 Å². The quantitative estimate of drug-likeness (QED) is 0.802. The van der Waals surface area contributed by atoms with Crippen molar-refractivity contribution in [3.63, 3.8) is 0 Å². The average molecular weight is 322 g/mol. The van der Waals surface area contributed by atoms with E-state index in [0.717, 1.165) is 10.2 Å². The van der Waals surface area contributed by atoms with E-state index in [1.165, 1.54) is 18.4 Å². The second-order valence-electron chi connectivity index (χ2n) is 3.76. The van der Waals surface area contributed by atoms with E-state index in [1.807, 2.05) is 12.1 Å². The van der Waals surface area contributed by atoms with Gasteiger partial charge in [0.25, 0.3) is 0 Å². The maximum Gasteiger partial charge on any atom is 0.215 e. The van der Waals surface area contributed by atoms with E-state index in [4.69, 9.17) is 5.73 Å². The van der Waals surface area contributed by atoms with E-state index in [0.29, 0.717) is 12.2 Å². The van der Waals surface area contributed by atoms with Crippen molar-refractivity contribution in [2.45, 2.75) is 0 Å². The highest BCUT2D eigenvalue weighted by atomic mass is 79.9. The van der Waals surface area contributed by atoms with Crippen molar-refractivity contribution < 1.29 is 8.42 Å². The Labute approximate surface area is 110 Å². The molecule has 0 fully saturated rings. The van der Waals surface area contributed by atoms with Crippen LogP contribution in [0.3, 0.4) is 0 Å². The fourth-order valence-corrected chi connectivity index (χ4v) is 2.30. The van der Waals surface area contributed by atoms with Gasteiger partial charge in [-0.1, -0.05) is 15.9 Å². The summed E-state index contributed by atoms with van der Waals surface area (Å²) in [5.74, 6) is 0.0372. The van der Waals surface area contributed by atoms with Crippen LogP contribution in [0.1, 0.15) is 0 Å². The number of nitrogens with zero attached hydrogens (tertiary/aromatic N) is 1. The van der Waals surface area contributed by atoms with Gasteiger partial charge in [-0.05, 0) is 18.2 Å². The van der Waals surface area contributed by atoms with Crippen molar-refractivity contribution in [3.8, 4) is 0 Å². The van der Waals surface area contributed by atoms with Crippen molar-refractivity contribution >= 4 is 37.3 Å². The number of benzene rings is 1. The Hall–Kier alpha value is -0.790. The van der Waals surface area contributed by atoms with Crippen molar-refractivity contribution in [3.05, 3.63) is 22.7 Å². The number of sulfonamides is 1. The summed E-state index contributed by atoms with van der Waals surface area (Å²) >= 11 is 3.30. The van der Waals surface area contributed by atoms with Crippen LogP contribution >= 0.6 is 15.9 Å². The SMILES string of the molecule is CN(C)S(=O)(=O)CCNc1ccc(Br)cc1N. The number of hydrogen-bond acceptors (Lipinski definition) is 4. The zero-order valence-electron chi connectivity index (χ0n) is 9.77. The predicted molar refractivity (Wildman–Crippen MR) is 74.5 cm³/mol. The lowest BCUT2D eigenvalue weighted by Gasteiger charge is -2.13. The number of nitrogens with two attached hydrogens (primary N) is 1. The fourth-order valence-electron chi connectivity index (χ4n) is 1.19. The topological polar surface area (TPSA) is 75.4 Å². The van der Waals surface area contributed by atoms with E-state index >= 15 is 0 Å². The fraction of sp³-hybridized carbons (Fsp3) is 0.400. The maximum atomic E-state index is 11.5. The molecule has 0 aliphatic rings. The second-order valence-corrected chi connectivity index (χ2v) is 6.97. The van der Waals surface area contributed by atoms with Crippen molar-refractivity contribution in [2.75, 3.05) is 37.4 Å². The van der Waals surface area contributed by atoms with Crippen LogP contribution in [0.5, 0.6) is 0 Å². The summed E-state index contributed by atoms with van der Waals surface area (Å²) in [7, 11) is -0.134. The van der Waals surface area contributed by atoms with Crippen molar-refractivity contribution in [1.29, 1.82) is 0 Å². The molecular weight excluding hydrogens is 306 g/mol. The van der Waals surface area contributed by atoms with Gasteiger partial charge in [-0.3, -0.25) is 0 Å². The molecule has 0 aliphatic heterocycles. The highest BCUT2D eigenvalue weighted by Crippen LogP contribution is 2.22. The Bertz CT molecular complexity index is 488. The first-order valence-electron chi connectivity index (χ1n) is 5.02. The molecule has 0 saturated carbocycles. The third-order valence-electron chi connectivity index (χ3n) is 2.25. The zero-order chi connectivity index (χ0) is 13.1. The molecule has 3 N–H and O–H groups in total. The van der Waals surface area contributed by atoms with Gasteiger partial charge >= 0.3 is 0 Å². The van der Waals surface area contributed by atoms with Gasteiger partial charge in [-0.15, -0.1) is 0 Å². The largest absolute Gasteiger partial charge is 0.397 e. The van der Waals surface area contributed by atoms with E-state index in [-0.39, 0.29) is 5.75 Å². The summed E-state index contributed by atoms with van der Waals surface area (Å²) < 4.78 is 25.1.